The van der Waals surface area contributed by atoms with Crippen molar-refractivity contribution in [2.24, 2.45) is 5.92 Å². The Labute approximate surface area is 100 Å². The summed E-state index contributed by atoms with van der Waals surface area (Å²) >= 11 is 1.60. The molecule has 2 rings (SSSR count). The molecule has 1 nitrogen and oxygen atoms in total. The summed E-state index contributed by atoms with van der Waals surface area (Å²) in [6.45, 7) is 0. The van der Waals surface area contributed by atoms with Gasteiger partial charge in [0.1, 0.15) is 5.82 Å². The third-order valence-electron chi connectivity index (χ3n) is 3.09. The lowest BCUT2D eigenvalue weighted by molar-refractivity contribution is 0.136. The monoisotopic (exact) mass is 240 g/mol. The van der Waals surface area contributed by atoms with Crippen LogP contribution in [0, 0.1) is 11.7 Å². The summed E-state index contributed by atoms with van der Waals surface area (Å²) in [5, 5.41) is 9.81. The van der Waals surface area contributed by atoms with Gasteiger partial charge in [-0.3, -0.25) is 0 Å². The SMILES string of the molecule is OC(CSc1ccc(F)cc1)CC1CCC1. The summed E-state index contributed by atoms with van der Waals surface area (Å²) < 4.78 is 12.7. The van der Waals surface area contributed by atoms with E-state index in [1.807, 2.05) is 0 Å². The number of thioether (sulfide) groups is 1. The van der Waals surface area contributed by atoms with E-state index in [-0.39, 0.29) is 11.9 Å². The lowest BCUT2D eigenvalue weighted by Crippen LogP contribution is -2.20. The lowest BCUT2D eigenvalue weighted by atomic mass is 9.82. The van der Waals surface area contributed by atoms with Gasteiger partial charge < -0.3 is 5.11 Å². The average Bonchev–Trinajstić information content (AvgIpc) is 2.23. The van der Waals surface area contributed by atoms with Gasteiger partial charge in [-0.05, 0) is 36.6 Å². The van der Waals surface area contributed by atoms with Crippen LogP contribution in [0.5, 0.6) is 0 Å². The largest absolute Gasteiger partial charge is 0.392 e. The molecule has 3 heteroatoms. The third kappa shape index (κ3) is 3.49. The molecule has 16 heavy (non-hydrogen) atoms. The minimum atomic E-state index is -0.222. The molecule has 1 unspecified atom stereocenters. The van der Waals surface area contributed by atoms with Crippen molar-refractivity contribution in [1.29, 1.82) is 0 Å². The second-order valence-electron chi connectivity index (χ2n) is 4.45. The van der Waals surface area contributed by atoms with E-state index in [9.17, 15) is 9.50 Å². The van der Waals surface area contributed by atoms with Gasteiger partial charge in [-0.15, -0.1) is 11.8 Å². The molecular formula is C13H17FOS. The van der Waals surface area contributed by atoms with Crippen molar-refractivity contribution >= 4 is 11.8 Å². The van der Waals surface area contributed by atoms with Crippen LogP contribution in [0.2, 0.25) is 0 Å². The summed E-state index contributed by atoms with van der Waals surface area (Å²) in [7, 11) is 0. The molecule has 88 valence electrons. The fourth-order valence-electron chi connectivity index (χ4n) is 1.90. The van der Waals surface area contributed by atoms with Crippen molar-refractivity contribution in [1.82, 2.24) is 0 Å². The molecule has 0 radical (unpaired) electrons. The van der Waals surface area contributed by atoms with E-state index in [1.54, 1.807) is 23.9 Å². The molecule has 1 aliphatic carbocycles. The lowest BCUT2D eigenvalue weighted by Gasteiger charge is -2.27. The molecule has 0 aliphatic heterocycles. The van der Waals surface area contributed by atoms with Gasteiger partial charge in [0, 0.05) is 10.6 Å². The van der Waals surface area contributed by atoms with Crippen molar-refractivity contribution in [2.45, 2.75) is 36.7 Å². The van der Waals surface area contributed by atoms with Crippen molar-refractivity contribution in [3.63, 3.8) is 0 Å². The number of hydrogen-bond acceptors (Lipinski definition) is 2. The predicted molar refractivity (Wildman–Crippen MR) is 65.1 cm³/mol. The molecule has 0 saturated heterocycles. The Morgan fingerprint density at radius 3 is 2.56 bits per heavy atom. The van der Waals surface area contributed by atoms with Gasteiger partial charge in [0.2, 0.25) is 0 Å². The van der Waals surface area contributed by atoms with Gasteiger partial charge >= 0.3 is 0 Å². The zero-order valence-corrected chi connectivity index (χ0v) is 10.0. The first kappa shape index (κ1) is 11.9. The smallest absolute Gasteiger partial charge is 0.123 e. The minimum absolute atomic E-state index is 0.209. The molecule has 0 amide bonds. The van der Waals surface area contributed by atoms with Gasteiger partial charge in [-0.25, -0.2) is 4.39 Å². The van der Waals surface area contributed by atoms with Crippen LogP contribution in [-0.4, -0.2) is 17.0 Å². The number of rotatable bonds is 5. The van der Waals surface area contributed by atoms with Crippen molar-refractivity contribution in [3.8, 4) is 0 Å². The van der Waals surface area contributed by atoms with Crippen LogP contribution in [-0.2, 0) is 0 Å². The van der Waals surface area contributed by atoms with Crippen LogP contribution in [0.1, 0.15) is 25.7 Å². The zero-order valence-electron chi connectivity index (χ0n) is 9.23. The number of aliphatic hydroxyl groups excluding tert-OH is 1. The Morgan fingerprint density at radius 1 is 1.31 bits per heavy atom. The minimum Gasteiger partial charge on any atom is -0.392 e. The normalized spacial score (nSPS) is 18.1. The highest BCUT2D eigenvalue weighted by Gasteiger charge is 2.20. The number of benzene rings is 1. The first-order valence-electron chi connectivity index (χ1n) is 5.80. The highest BCUT2D eigenvalue weighted by Crippen LogP contribution is 2.31. The summed E-state index contributed by atoms with van der Waals surface area (Å²) in [5.74, 6) is 1.24. The average molecular weight is 240 g/mol. The molecule has 1 atom stereocenters. The van der Waals surface area contributed by atoms with Crippen molar-refractivity contribution in [3.05, 3.63) is 30.1 Å². The quantitative estimate of drug-likeness (QED) is 0.795. The molecule has 0 heterocycles. The maximum atomic E-state index is 12.7. The Bertz CT molecular complexity index is 321. The molecule has 1 fully saturated rings. The molecule has 0 spiro atoms. The topological polar surface area (TPSA) is 20.2 Å². The molecule has 1 aromatic rings. The van der Waals surface area contributed by atoms with Gasteiger partial charge in [-0.1, -0.05) is 19.3 Å². The molecule has 1 aromatic carbocycles. The van der Waals surface area contributed by atoms with Crippen LogP contribution in [0.15, 0.2) is 29.2 Å². The predicted octanol–water partition coefficient (Wildman–Crippen LogP) is 3.47. The molecule has 1 N–H and O–H groups in total. The van der Waals surface area contributed by atoms with Crippen molar-refractivity contribution < 1.29 is 9.50 Å². The van der Waals surface area contributed by atoms with Gasteiger partial charge in [0.05, 0.1) is 6.10 Å². The van der Waals surface area contributed by atoms with E-state index in [0.717, 1.165) is 17.2 Å². The molecule has 0 aromatic heterocycles. The second-order valence-corrected chi connectivity index (χ2v) is 5.54. The van der Waals surface area contributed by atoms with Crippen molar-refractivity contribution in [2.75, 3.05) is 5.75 Å². The fourth-order valence-corrected chi connectivity index (χ4v) is 2.75. The van der Waals surface area contributed by atoms with Crippen LogP contribution >= 0.6 is 11.8 Å². The highest BCUT2D eigenvalue weighted by atomic mass is 32.2. The van der Waals surface area contributed by atoms with E-state index < -0.39 is 0 Å². The summed E-state index contributed by atoms with van der Waals surface area (Å²) in [6, 6.07) is 6.44. The maximum Gasteiger partial charge on any atom is 0.123 e. The maximum absolute atomic E-state index is 12.7. The Hall–Kier alpha value is -0.540. The first-order valence-corrected chi connectivity index (χ1v) is 6.79. The van der Waals surface area contributed by atoms with E-state index in [0.29, 0.717) is 5.75 Å². The fraction of sp³-hybridized carbons (Fsp3) is 0.538. The van der Waals surface area contributed by atoms with Gasteiger partial charge in [-0.2, -0.15) is 0 Å². The molecule has 1 aliphatic rings. The van der Waals surface area contributed by atoms with E-state index in [2.05, 4.69) is 0 Å². The van der Waals surface area contributed by atoms with E-state index in [1.165, 1.54) is 31.4 Å². The van der Waals surface area contributed by atoms with Gasteiger partial charge in [0.15, 0.2) is 0 Å². The number of aliphatic hydroxyl groups is 1. The van der Waals surface area contributed by atoms with Crippen LogP contribution in [0.25, 0.3) is 0 Å². The van der Waals surface area contributed by atoms with Crippen LogP contribution < -0.4 is 0 Å². The van der Waals surface area contributed by atoms with Crippen LogP contribution in [0.4, 0.5) is 4.39 Å². The first-order chi connectivity index (χ1) is 7.74. The van der Waals surface area contributed by atoms with E-state index in [4.69, 9.17) is 0 Å². The molecular weight excluding hydrogens is 223 g/mol. The Balaban J connectivity index is 1.71. The number of hydrogen-bond donors (Lipinski definition) is 1. The summed E-state index contributed by atoms with van der Waals surface area (Å²) in [6.07, 6.45) is 4.58. The van der Waals surface area contributed by atoms with Gasteiger partial charge in [0.25, 0.3) is 0 Å². The Kier molecular flexibility index (Phi) is 4.24. The second kappa shape index (κ2) is 5.69. The number of halogens is 1. The molecule has 1 saturated carbocycles. The highest BCUT2D eigenvalue weighted by molar-refractivity contribution is 7.99. The van der Waals surface area contributed by atoms with Crippen LogP contribution in [0.3, 0.4) is 0 Å². The van der Waals surface area contributed by atoms with E-state index >= 15 is 0 Å². The standard InChI is InChI=1S/C13H17FOS/c14-11-4-6-13(7-5-11)16-9-12(15)8-10-2-1-3-10/h4-7,10,12,15H,1-3,8-9H2. The molecule has 0 bridgehead atoms. The Morgan fingerprint density at radius 2 is 2.00 bits per heavy atom. The zero-order chi connectivity index (χ0) is 11.4. The third-order valence-corrected chi connectivity index (χ3v) is 4.24. The summed E-state index contributed by atoms with van der Waals surface area (Å²) in [5.41, 5.74) is 0. The summed E-state index contributed by atoms with van der Waals surface area (Å²) in [4.78, 5) is 1.02.